The van der Waals surface area contributed by atoms with Crippen LogP contribution in [0, 0.1) is 0 Å². The van der Waals surface area contributed by atoms with Crippen LogP contribution in [0.2, 0.25) is 0 Å². The molecule has 2 aromatic carbocycles. The fourth-order valence-electron chi connectivity index (χ4n) is 2.17. The van der Waals surface area contributed by atoms with Gasteiger partial charge in [0.25, 0.3) is 0 Å². The number of hydrogen-bond donors (Lipinski definition) is 2. The standard InChI is InChI=1S/C17H18N4O/c1-3-22-14-10-8-13(9-11-14)12(2)20-21-17-18-15-6-4-5-7-16(15)19-17/h4-11H,3H2,1-2H3,(H2,18,19,21)/b20-12-. The lowest BCUT2D eigenvalue weighted by molar-refractivity contribution is 0.340. The van der Waals surface area contributed by atoms with Gasteiger partial charge < -0.3 is 9.72 Å². The Morgan fingerprint density at radius 1 is 1.18 bits per heavy atom. The van der Waals surface area contributed by atoms with Gasteiger partial charge in [0, 0.05) is 0 Å². The molecule has 3 aromatic rings. The number of ether oxygens (including phenoxy) is 1. The number of hydrogen-bond acceptors (Lipinski definition) is 4. The summed E-state index contributed by atoms with van der Waals surface area (Å²) in [6.45, 7) is 4.59. The van der Waals surface area contributed by atoms with Crippen molar-refractivity contribution >= 4 is 22.7 Å². The van der Waals surface area contributed by atoms with E-state index in [-0.39, 0.29) is 0 Å². The second kappa shape index (κ2) is 6.30. The van der Waals surface area contributed by atoms with Gasteiger partial charge in [0.2, 0.25) is 5.95 Å². The predicted molar refractivity (Wildman–Crippen MR) is 89.5 cm³/mol. The Bertz CT molecular complexity index is 757. The van der Waals surface area contributed by atoms with Gasteiger partial charge in [-0.2, -0.15) is 5.10 Å². The number of para-hydroxylation sites is 2. The number of benzene rings is 2. The van der Waals surface area contributed by atoms with Crippen molar-refractivity contribution in [1.29, 1.82) is 0 Å². The van der Waals surface area contributed by atoms with E-state index in [0.29, 0.717) is 12.6 Å². The Balaban J connectivity index is 1.73. The maximum Gasteiger partial charge on any atom is 0.222 e. The van der Waals surface area contributed by atoms with E-state index >= 15 is 0 Å². The summed E-state index contributed by atoms with van der Waals surface area (Å²) in [6, 6.07) is 15.7. The highest BCUT2D eigenvalue weighted by Crippen LogP contribution is 2.15. The Kier molecular flexibility index (Phi) is 4.05. The van der Waals surface area contributed by atoms with Gasteiger partial charge >= 0.3 is 0 Å². The molecule has 0 radical (unpaired) electrons. The molecule has 1 aromatic heterocycles. The Hall–Kier alpha value is -2.82. The minimum atomic E-state index is 0.631. The minimum Gasteiger partial charge on any atom is -0.494 e. The number of aromatic amines is 1. The molecular weight excluding hydrogens is 276 g/mol. The molecule has 0 amide bonds. The van der Waals surface area contributed by atoms with Crippen LogP contribution < -0.4 is 10.2 Å². The van der Waals surface area contributed by atoms with Gasteiger partial charge in [-0.15, -0.1) is 0 Å². The molecule has 112 valence electrons. The average molecular weight is 294 g/mol. The summed E-state index contributed by atoms with van der Waals surface area (Å²) < 4.78 is 5.43. The fourth-order valence-corrected chi connectivity index (χ4v) is 2.17. The summed E-state index contributed by atoms with van der Waals surface area (Å²) in [6.07, 6.45) is 0. The van der Waals surface area contributed by atoms with Crippen molar-refractivity contribution in [3.63, 3.8) is 0 Å². The molecule has 0 bridgehead atoms. The van der Waals surface area contributed by atoms with Crippen LogP contribution in [-0.4, -0.2) is 22.3 Å². The second-order valence-corrected chi connectivity index (χ2v) is 4.87. The first-order valence-electron chi connectivity index (χ1n) is 7.24. The maximum absolute atomic E-state index is 5.43. The van der Waals surface area contributed by atoms with E-state index < -0.39 is 0 Å². The van der Waals surface area contributed by atoms with E-state index in [2.05, 4.69) is 20.5 Å². The summed E-state index contributed by atoms with van der Waals surface area (Å²) >= 11 is 0. The first-order valence-corrected chi connectivity index (χ1v) is 7.24. The van der Waals surface area contributed by atoms with Crippen LogP contribution in [-0.2, 0) is 0 Å². The molecule has 22 heavy (non-hydrogen) atoms. The molecule has 5 heteroatoms. The van der Waals surface area contributed by atoms with Crippen molar-refractivity contribution in [2.24, 2.45) is 5.10 Å². The third kappa shape index (κ3) is 3.09. The number of H-pyrrole nitrogens is 1. The Morgan fingerprint density at radius 2 is 1.95 bits per heavy atom. The lowest BCUT2D eigenvalue weighted by Crippen LogP contribution is -2.01. The van der Waals surface area contributed by atoms with Crippen LogP contribution >= 0.6 is 0 Å². The topological polar surface area (TPSA) is 62.3 Å². The lowest BCUT2D eigenvalue weighted by Gasteiger charge is -2.05. The molecule has 0 aliphatic rings. The normalized spacial score (nSPS) is 11.6. The smallest absolute Gasteiger partial charge is 0.222 e. The first-order chi connectivity index (χ1) is 10.8. The number of nitrogens with one attached hydrogen (secondary N) is 2. The van der Waals surface area contributed by atoms with E-state index in [1.807, 2.05) is 62.4 Å². The van der Waals surface area contributed by atoms with Gasteiger partial charge in [-0.1, -0.05) is 12.1 Å². The van der Waals surface area contributed by atoms with Crippen molar-refractivity contribution in [3.05, 3.63) is 54.1 Å². The van der Waals surface area contributed by atoms with E-state index in [0.717, 1.165) is 28.1 Å². The van der Waals surface area contributed by atoms with Crippen molar-refractivity contribution in [1.82, 2.24) is 9.97 Å². The van der Waals surface area contributed by atoms with E-state index in [9.17, 15) is 0 Å². The molecule has 0 aliphatic carbocycles. The number of fused-ring (bicyclic) bond motifs is 1. The van der Waals surface area contributed by atoms with Crippen LogP contribution in [0.1, 0.15) is 19.4 Å². The summed E-state index contributed by atoms with van der Waals surface area (Å²) in [5.41, 5.74) is 6.78. The largest absolute Gasteiger partial charge is 0.494 e. The third-order valence-corrected chi connectivity index (χ3v) is 3.30. The molecule has 0 spiro atoms. The molecule has 0 aliphatic heterocycles. The number of hydrazone groups is 1. The summed E-state index contributed by atoms with van der Waals surface area (Å²) in [4.78, 5) is 7.60. The highest BCUT2D eigenvalue weighted by atomic mass is 16.5. The molecule has 0 saturated heterocycles. The summed E-state index contributed by atoms with van der Waals surface area (Å²) in [5.74, 6) is 1.50. The molecule has 1 heterocycles. The number of imidazole rings is 1. The number of aromatic nitrogens is 2. The van der Waals surface area contributed by atoms with Crippen LogP contribution in [0.3, 0.4) is 0 Å². The molecule has 5 nitrogen and oxygen atoms in total. The Morgan fingerprint density at radius 3 is 2.68 bits per heavy atom. The second-order valence-electron chi connectivity index (χ2n) is 4.87. The van der Waals surface area contributed by atoms with Crippen molar-refractivity contribution in [3.8, 4) is 5.75 Å². The number of anilines is 1. The van der Waals surface area contributed by atoms with Gasteiger partial charge in [-0.3, -0.25) is 0 Å². The highest BCUT2D eigenvalue weighted by molar-refractivity contribution is 5.99. The predicted octanol–water partition coefficient (Wildman–Crippen LogP) is 3.80. The monoisotopic (exact) mass is 294 g/mol. The van der Waals surface area contributed by atoms with Gasteiger partial charge in [-0.05, 0) is 55.8 Å². The van der Waals surface area contributed by atoms with Crippen molar-refractivity contribution in [2.75, 3.05) is 12.0 Å². The van der Waals surface area contributed by atoms with E-state index in [1.54, 1.807) is 0 Å². The molecule has 2 N–H and O–H groups in total. The fraction of sp³-hybridized carbons (Fsp3) is 0.176. The van der Waals surface area contributed by atoms with Gasteiger partial charge in [0.15, 0.2) is 0 Å². The zero-order valence-corrected chi connectivity index (χ0v) is 12.6. The van der Waals surface area contributed by atoms with Crippen LogP contribution in [0.4, 0.5) is 5.95 Å². The summed E-state index contributed by atoms with van der Waals surface area (Å²) in [5, 5.41) is 4.37. The molecule has 0 atom stereocenters. The summed E-state index contributed by atoms with van der Waals surface area (Å²) in [7, 11) is 0. The third-order valence-electron chi connectivity index (χ3n) is 3.30. The molecule has 0 unspecified atom stereocenters. The Labute approximate surface area is 129 Å². The van der Waals surface area contributed by atoms with Crippen molar-refractivity contribution < 1.29 is 4.74 Å². The molecule has 3 rings (SSSR count). The van der Waals surface area contributed by atoms with Crippen LogP contribution in [0.5, 0.6) is 5.75 Å². The average Bonchev–Trinajstić information content (AvgIpc) is 2.96. The number of nitrogens with zero attached hydrogens (tertiary/aromatic N) is 2. The van der Waals surface area contributed by atoms with Gasteiger partial charge in [0.1, 0.15) is 5.75 Å². The maximum atomic E-state index is 5.43. The zero-order valence-electron chi connectivity index (χ0n) is 12.6. The molecule has 0 fully saturated rings. The van der Waals surface area contributed by atoms with Gasteiger partial charge in [0.05, 0.1) is 23.4 Å². The van der Waals surface area contributed by atoms with Crippen molar-refractivity contribution in [2.45, 2.75) is 13.8 Å². The SMILES string of the molecule is CCOc1ccc(/C(C)=N\Nc2nc3ccccc3[nH]2)cc1. The highest BCUT2D eigenvalue weighted by Gasteiger charge is 2.02. The zero-order chi connectivity index (χ0) is 15.4. The minimum absolute atomic E-state index is 0.631. The van der Waals surface area contributed by atoms with Crippen LogP contribution in [0.25, 0.3) is 11.0 Å². The first kappa shape index (κ1) is 14.1. The quantitative estimate of drug-likeness (QED) is 0.556. The molecule has 0 saturated carbocycles. The van der Waals surface area contributed by atoms with Crippen LogP contribution in [0.15, 0.2) is 53.6 Å². The van der Waals surface area contributed by atoms with Gasteiger partial charge in [-0.25, -0.2) is 10.4 Å². The molecular formula is C17H18N4O. The van der Waals surface area contributed by atoms with E-state index in [4.69, 9.17) is 4.74 Å². The lowest BCUT2D eigenvalue weighted by atomic mass is 10.1. The number of rotatable bonds is 5. The van der Waals surface area contributed by atoms with E-state index in [1.165, 1.54) is 0 Å².